The number of β-amino-alcohol motifs (C(OH)–C–C–N with tert-alkyl or cyclic N) is 1. The Morgan fingerprint density at radius 2 is 1.95 bits per heavy atom. The van der Waals surface area contributed by atoms with Gasteiger partial charge in [-0.25, -0.2) is 0 Å². The van der Waals surface area contributed by atoms with Crippen LogP contribution >= 0.6 is 0 Å². The molecule has 2 saturated heterocycles. The van der Waals surface area contributed by atoms with Crippen LogP contribution in [0.5, 0.6) is 5.75 Å². The van der Waals surface area contributed by atoms with Crippen LogP contribution in [0, 0.1) is 0 Å². The molecule has 2 aliphatic heterocycles. The molecule has 1 aromatic carbocycles. The summed E-state index contributed by atoms with van der Waals surface area (Å²) in [6.07, 6.45) is 3.75. The summed E-state index contributed by atoms with van der Waals surface area (Å²) in [6.45, 7) is 3.21. The average Bonchev–Trinajstić information content (AvgIpc) is 2.54. The Labute approximate surface area is 131 Å². The molecule has 0 saturated carbocycles. The maximum atomic E-state index is 12.6. The maximum Gasteiger partial charge on any atom is 0.254 e. The second-order valence-corrected chi connectivity index (χ2v) is 6.39. The molecule has 2 aliphatic rings. The number of carbonyl (C=O) groups excluding carboxylic acids is 1. The first-order valence-electron chi connectivity index (χ1n) is 8.14. The quantitative estimate of drug-likeness (QED) is 0.868. The lowest BCUT2D eigenvalue weighted by molar-refractivity contribution is 0.0201. The number of hydrogen-bond acceptors (Lipinski definition) is 4. The molecule has 0 aliphatic carbocycles. The molecule has 1 aromatic rings. The average molecular weight is 304 g/mol. The van der Waals surface area contributed by atoms with E-state index in [-0.39, 0.29) is 17.8 Å². The zero-order chi connectivity index (χ0) is 15.5. The standard InChI is InChI=1S/C17H24N2O3/c20-15-6-1-4-13(10-15)17(22)19-9-2-5-14(11-19)18-8-3-7-16(21)12-18/h1,4,6,10,14,16,20-21H,2-3,5,7-9,11-12H2. The highest BCUT2D eigenvalue weighted by atomic mass is 16.3. The molecule has 0 bridgehead atoms. The third-order valence-electron chi connectivity index (χ3n) is 4.72. The molecule has 0 aromatic heterocycles. The van der Waals surface area contributed by atoms with E-state index in [4.69, 9.17) is 0 Å². The molecule has 2 heterocycles. The van der Waals surface area contributed by atoms with E-state index in [0.717, 1.165) is 45.3 Å². The van der Waals surface area contributed by atoms with Crippen LogP contribution in [0.4, 0.5) is 0 Å². The summed E-state index contributed by atoms with van der Waals surface area (Å²) in [5, 5.41) is 19.4. The summed E-state index contributed by atoms with van der Waals surface area (Å²) in [5.41, 5.74) is 0.541. The molecule has 2 unspecified atom stereocenters. The minimum atomic E-state index is -0.231. The van der Waals surface area contributed by atoms with Gasteiger partial charge in [-0.15, -0.1) is 0 Å². The minimum absolute atomic E-state index is 0.0156. The summed E-state index contributed by atoms with van der Waals surface area (Å²) in [5.74, 6) is 0.108. The molecule has 3 rings (SSSR count). The van der Waals surface area contributed by atoms with Crippen molar-refractivity contribution in [3.05, 3.63) is 29.8 Å². The number of amides is 1. The smallest absolute Gasteiger partial charge is 0.254 e. The van der Waals surface area contributed by atoms with E-state index >= 15 is 0 Å². The van der Waals surface area contributed by atoms with Gasteiger partial charge in [0.05, 0.1) is 6.10 Å². The number of likely N-dealkylation sites (tertiary alicyclic amines) is 2. The van der Waals surface area contributed by atoms with Crippen molar-refractivity contribution in [2.24, 2.45) is 0 Å². The van der Waals surface area contributed by atoms with Gasteiger partial charge in [-0.05, 0) is 50.4 Å². The summed E-state index contributed by atoms with van der Waals surface area (Å²) in [6, 6.07) is 6.88. The number of aliphatic hydroxyl groups is 1. The van der Waals surface area contributed by atoms with Gasteiger partial charge < -0.3 is 15.1 Å². The van der Waals surface area contributed by atoms with Gasteiger partial charge in [-0.1, -0.05) is 6.07 Å². The fraction of sp³-hybridized carbons (Fsp3) is 0.588. The first kappa shape index (κ1) is 15.3. The molecular weight excluding hydrogens is 280 g/mol. The number of benzene rings is 1. The molecule has 22 heavy (non-hydrogen) atoms. The topological polar surface area (TPSA) is 64.0 Å². The Bertz CT molecular complexity index is 534. The molecule has 5 heteroatoms. The van der Waals surface area contributed by atoms with E-state index in [2.05, 4.69) is 4.90 Å². The maximum absolute atomic E-state index is 12.6. The number of phenolic OH excluding ortho intramolecular Hbond substituents is 1. The monoisotopic (exact) mass is 304 g/mol. The largest absolute Gasteiger partial charge is 0.508 e. The third kappa shape index (κ3) is 3.42. The molecule has 0 radical (unpaired) electrons. The number of aliphatic hydroxyl groups excluding tert-OH is 1. The van der Waals surface area contributed by atoms with Crippen molar-refractivity contribution in [2.75, 3.05) is 26.2 Å². The van der Waals surface area contributed by atoms with Crippen molar-refractivity contribution < 1.29 is 15.0 Å². The van der Waals surface area contributed by atoms with Crippen LogP contribution < -0.4 is 0 Å². The number of nitrogens with zero attached hydrogens (tertiary/aromatic N) is 2. The predicted molar refractivity (Wildman–Crippen MR) is 83.8 cm³/mol. The van der Waals surface area contributed by atoms with E-state index in [9.17, 15) is 15.0 Å². The van der Waals surface area contributed by atoms with Crippen molar-refractivity contribution in [3.8, 4) is 5.75 Å². The minimum Gasteiger partial charge on any atom is -0.508 e. The fourth-order valence-electron chi connectivity index (χ4n) is 3.57. The van der Waals surface area contributed by atoms with Gasteiger partial charge in [-0.2, -0.15) is 0 Å². The van der Waals surface area contributed by atoms with Crippen molar-refractivity contribution in [1.82, 2.24) is 9.80 Å². The number of piperidine rings is 2. The first-order valence-corrected chi connectivity index (χ1v) is 8.14. The molecule has 120 valence electrons. The van der Waals surface area contributed by atoms with Crippen LogP contribution in [0.25, 0.3) is 0 Å². The Balaban J connectivity index is 1.66. The van der Waals surface area contributed by atoms with Gasteiger partial charge in [0.1, 0.15) is 5.75 Å². The van der Waals surface area contributed by atoms with Gasteiger partial charge >= 0.3 is 0 Å². The molecule has 0 spiro atoms. The summed E-state index contributed by atoms with van der Waals surface area (Å²) < 4.78 is 0. The van der Waals surface area contributed by atoms with Gasteiger partial charge in [0.15, 0.2) is 0 Å². The van der Waals surface area contributed by atoms with Crippen LogP contribution in [0.2, 0.25) is 0 Å². The number of hydrogen-bond donors (Lipinski definition) is 2. The van der Waals surface area contributed by atoms with Crippen molar-refractivity contribution >= 4 is 5.91 Å². The molecule has 1 amide bonds. The van der Waals surface area contributed by atoms with Crippen LogP contribution in [-0.2, 0) is 0 Å². The highest BCUT2D eigenvalue weighted by Crippen LogP contribution is 2.22. The van der Waals surface area contributed by atoms with Crippen LogP contribution in [0.3, 0.4) is 0 Å². The fourth-order valence-corrected chi connectivity index (χ4v) is 3.57. The highest BCUT2D eigenvalue weighted by Gasteiger charge is 2.30. The summed E-state index contributed by atoms with van der Waals surface area (Å²) in [7, 11) is 0. The molecule has 2 N–H and O–H groups in total. The Hall–Kier alpha value is -1.59. The van der Waals surface area contributed by atoms with Gasteiger partial charge in [0.2, 0.25) is 0 Å². The molecular formula is C17H24N2O3. The van der Waals surface area contributed by atoms with Crippen LogP contribution in [0.1, 0.15) is 36.0 Å². The zero-order valence-electron chi connectivity index (χ0n) is 12.8. The van der Waals surface area contributed by atoms with E-state index in [1.165, 1.54) is 6.07 Å². The Morgan fingerprint density at radius 3 is 2.73 bits per heavy atom. The predicted octanol–water partition coefficient (Wildman–Crippen LogP) is 1.45. The highest BCUT2D eigenvalue weighted by molar-refractivity contribution is 5.94. The normalized spacial score (nSPS) is 26.9. The first-order chi connectivity index (χ1) is 10.6. The van der Waals surface area contributed by atoms with Crippen molar-refractivity contribution in [2.45, 2.75) is 37.8 Å². The van der Waals surface area contributed by atoms with Gasteiger partial charge in [0.25, 0.3) is 5.91 Å². The van der Waals surface area contributed by atoms with E-state index < -0.39 is 0 Å². The van der Waals surface area contributed by atoms with E-state index in [0.29, 0.717) is 18.2 Å². The molecule has 5 nitrogen and oxygen atoms in total. The van der Waals surface area contributed by atoms with Crippen LogP contribution in [-0.4, -0.2) is 64.2 Å². The van der Waals surface area contributed by atoms with E-state index in [1.54, 1.807) is 18.2 Å². The third-order valence-corrected chi connectivity index (χ3v) is 4.72. The van der Waals surface area contributed by atoms with Gasteiger partial charge in [0, 0.05) is 31.2 Å². The zero-order valence-corrected chi connectivity index (χ0v) is 12.8. The molecule has 2 fully saturated rings. The van der Waals surface area contributed by atoms with E-state index in [1.807, 2.05) is 4.90 Å². The second kappa shape index (κ2) is 6.67. The lowest BCUT2D eigenvalue weighted by Gasteiger charge is -2.42. The summed E-state index contributed by atoms with van der Waals surface area (Å²) >= 11 is 0. The summed E-state index contributed by atoms with van der Waals surface area (Å²) in [4.78, 5) is 16.8. The number of phenols is 1. The Morgan fingerprint density at radius 1 is 1.14 bits per heavy atom. The number of carbonyl (C=O) groups is 1. The van der Waals surface area contributed by atoms with Crippen LogP contribution in [0.15, 0.2) is 24.3 Å². The van der Waals surface area contributed by atoms with Crippen molar-refractivity contribution in [1.29, 1.82) is 0 Å². The Kier molecular flexibility index (Phi) is 4.64. The number of aromatic hydroxyl groups is 1. The van der Waals surface area contributed by atoms with Gasteiger partial charge in [-0.3, -0.25) is 9.69 Å². The molecule has 2 atom stereocenters. The number of rotatable bonds is 2. The second-order valence-electron chi connectivity index (χ2n) is 6.39. The lowest BCUT2D eigenvalue weighted by atomic mass is 9.99. The SMILES string of the molecule is O=C(c1cccc(O)c1)N1CCCC(N2CCCC(O)C2)C1. The van der Waals surface area contributed by atoms with Crippen molar-refractivity contribution in [3.63, 3.8) is 0 Å². The lowest BCUT2D eigenvalue weighted by Crippen LogP contribution is -2.53.